The number of aromatic nitrogens is 2. The van der Waals surface area contributed by atoms with Crippen LogP contribution in [-0.2, 0) is 6.54 Å². The largest absolute Gasteiger partial charge is 0.310 e. The first kappa shape index (κ1) is 15.7. The van der Waals surface area contributed by atoms with E-state index in [0.29, 0.717) is 5.56 Å². The van der Waals surface area contributed by atoms with Crippen LogP contribution >= 0.6 is 0 Å². The average molecular weight is 289 g/mol. The third-order valence-electron chi connectivity index (χ3n) is 3.88. The normalized spacial score (nSPS) is 12.6. The first-order chi connectivity index (χ1) is 10.1. The molecular formula is C17H24FN3. The van der Waals surface area contributed by atoms with E-state index in [1.165, 1.54) is 0 Å². The van der Waals surface area contributed by atoms with Gasteiger partial charge in [0.25, 0.3) is 0 Å². The van der Waals surface area contributed by atoms with Gasteiger partial charge in [0.05, 0.1) is 6.20 Å². The molecule has 1 unspecified atom stereocenters. The van der Waals surface area contributed by atoms with Crippen molar-refractivity contribution in [2.75, 3.05) is 6.54 Å². The van der Waals surface area contributed by atoms with Crippen molar-refractivity contribution in [1.29, 1.82) is 0 Å². The Balaban J connectivity index is 2.37. The standard InChI is InChI=1S/C17H24FN3/c1-5-9-19-12(3)14-7-8-17(18)15(10-14)16-11-20-21(6-2)13(16)4/h7-8,10-12,19H,5-6,9H2,1-4H3. The van der Waals surface area contributed by atoms with Crippen molar-refractivity contribution in [2.45, 2.75) is 46.7 Å². The zero-order valence-corrected chi connectivity index (χ0v) is 13.3. The summed E-state index contributed by atoms with van der Waals surface area (Å²) in [6.07, 6.45) is 2.84. The third kappa shape index (κ3) is 3.32. The summed E-state index contributed by atoms with van der Waals surface area (Å²) < 4.78 is 16.1. The fourth-order valence-electron chi connectivity index (χ4n) is 2.53. The van der Waals surface area contributed by atoms with Crippen LogP contribution in [0.2, 0.25) is 0 Å². The van der Waals surface area contributed by atoms with E-state index >= 15 is 0 Å². The van der Waals surface area contributed by atoms with Gasteiger partial charge in [0, 0.05) is 29.4 Å². The van der Waals surface area contributed by atoms with Crippen LogP contribution in [0.5, 0.6) is 0 Å². The van der Waals surface area contributed by atoms with Gasteiger partial charge in [0.1, 0.15) is 5.82 Å². The lowest BCUT2D eigenvalue weighted by Crippen LogP contribution is -2.19. The van der Waals surface area contributed by atoms with E-state index in [1.807, 2.05) is 30.7 Å². The quantitative estimate of drug-likeness (QED) is 0.868. The topological polar surface area (TPSA) is 29.9 Å². The van der Waals surface area contributed by atoms with Gasteiger partial charge in [-0.05, 0) is 51.4 Å². The molecule has 1 heterocycles. The minimum absolute atomic E-state index is 0.194. The van der Waals surface area contributed by atoms with Gasteiger partial charge in [-0.15, -0.1) is 0 Å². The van der Waals surface area contributed by atoms with E-state index in [-0.39, 0.29) is 11.9 Å². The van der Waals surface area contributed by atoms with E-state index in [9.17, 15) is 4.39 Å². The molecule has 0 spiro atoms. The molecule has 0 bridgehead atoms. The maximum Gasteiger partial charge on any atom is 0.131 e. The Morgan fingerprint density at radius 2 is 2.05 bits per heavy atom. The number of rotatable bonds is 6. The van der Waals surface area contributed by atoms with Crippen LogP contribution in [0.4, 0.5) is 4.39 Å². The van der Waals surface area contributed by atoms with Crippen molar-refractivity contribution < 1.29 is 4.39 Å². The summed E-state index contributed by atoms with van der Waals surface area (Å²) in [6, 6.07) is 5.56. The molecule has 0 aliphatic carbocycles. The molecule has 1 aromatic carbocycles. The van der Waals surface area contributed by atoms with Gasteiger partial charge < -0.3 is 5.32 Å². The Labute approximate surface area is 126 Å². The first-order valence-electron chi connectivity index (χ1n) is 7.64. The van der Waals surface area contributed by atoms with E-state index < -0.39 is 0 Å². The molecule has 3 nitrogen and oxygen atoms in total. The van der Waals surface area contributed by atoms with Crippen molar-refractivity contribution in [1.82, 2.24) is 15.1 Å². The lowest BCUT2D eigenvalue weighted by molar-refractivity contribution is 0.568. The van der Waals surface area contributed by atoms with Crippen LogP contribution in [0.15, 0.2) is 24.4 Å². The molecule has 0 amide bonds. The van der Waals surface area contributed by atoms with Crippen molar-refractivity contribution in [2.24, 2.45) is 0 Å². The van der Waals surface area contributed by atoms with Gasteiger partial charge >= 0.3 is 0 Å². The summed E-state index contributed by atoms with van der Waals surface area (Å²) in [5, 5.41) is 7.74. The van der Waals surface area contributed by atoms with Gasteiger partial charge in [-0.25, -0.2) is 4.39 Å². The Morgan fingerprint density at radius 3 is 2.67 bits per heavy atom. The zero-order valence-electron chi connectivity index (χ0n) is 13.3. The molecule has 0 fully saturated rings. The van der Waals surface area contributed by atoms with E-state index in [0.717, 1.165) is 36.3 Å². The average Bonchev–Trinajstić information content (AvgIpc) is 2.86. The van der Waals surface area contributed by atoms with Gasteiger partial charge in [0.2, 0.25) is 0 Å². The third-order valence-corrected chi connectivity index (χ3v) is 3.88. The van der Waals surface area contributed by atoms with Gasteiger partial charge in [-0.1, -0.05) is 13.0 Å². The van der Waals surface area contributed by atoms with Crippen LogP contribution in [0, 0.1) is 12.7 Å². The molecule has 21 heavy (non-hydrogen) atoms. The molecule has 1 atom stereocenters. The second-order valence-electron chi connectivity index (χ2n) is 5.37. The van der Waals surface area contributed by atoms with Crippen LogP contribution in [0.25, 0.3) is 11.1 Å². The second-order valence-corrected chi connectivity index (χ2v) is 5.37. The zero-order chi connectivity index (χ0) is 15.4. The fraction of sp³-hybridized carbons (Fsp3) is 0.471. The van der Waals surface area contributed by atoms with Crippen LogP contribution < -0.4 is 5.32 Å². The summed E-state index contributed by atoms with van der Waals surface area (Å²) in [6.45, 7) is 10.0. The molecule has 4 heteroatoms. The van der Waals surface area contributed by atoms with Crippen LogP contribution in [0.1, 0.15) is 44.5 Å². The molecule has 0 saturated carbocycles. The molecule has 0 aliphatic heterocycles. The number of benzene rings is 1. The maximum atomic E-state index is 14.2. The van der Waals surface area contributed by atoms with Crippen molar-refractivity contribution in [3.05, 3.63) is 41.5 Å². The number of hydrogen-bond donors (Lipinski definition) is 1. The van der Waals surface area contributed by atoms with Gasteiger partial charge in [-0.2, -0.15) is 5.10 Å². The summed E-state index contributed by atoms with van der Waals surface area (Å²) in [7, 11) is 0. The van der Waals surface area contributed by atoms with Crippen molar-refractivity contribution in [3.8, 4) is 11.1 Å². The fourth-order valence-corrected chi connectivity index (χ4v) is 2.53. The first-order valence-corrected chi connectivity index (χ1v) is 7.64. The Bertz CT molecular complexity index is 604. The summed E-state index contributed by atoms with van der Waals surface area (Å²) >= 11 is 0. The molecule has 2 aromatic rings. The number of halogens is 1. The van der Waals surface area contributed by atoms with E-state index in [2.05, 4.69) is 24.3 Å². The van der Waals surface area contributed by atoms with Gasteiger partial charge in [-0.3, -0.25) is 4.68 Å². The van der Waals surface area contributed by atoms with Gasteiger partial charge in [0.15, 0.2) is 0 Å². The number of aryl methyl sites for hydroxylation is 1. The Kier molecular flexibility index (Phi) is 5.12. The maximum absolute atomic E-state index is 14.2. The van der Waals surface area contributed by atoms with Crippen molar-refractivity contribution in [3.63, 3.8) is 0 Å². The number of nitrogens with one attached hydrogen (secondary N) is 1. The van der Waals surface area contributed by atoms with Crippen LogP contribution in [0.3, 0.4) is 0 Å². The molecule has 0 aliphatic rings. The molecule has 0 radical (unpaired) electrons. The number of hydrogen-bond acceptors (Lipinski definition) is 2. The lowest BCUT2D eigenvalue weighted by Gasteiger charge is -2.15. The summed E-state index contributed by atoms with van der Waals surface area (Å²) in [4.78, 5) is 0. The second kappa shape index (κ2) is 6.85. The Morgan fingerprint density at radius 1 is 1.29 bits per heavy atom. The summed E-state index contributed by atoms with van der Waals surface area (Å²) in [5.41, 5.74) is 3.61. The highest BCUT2D eigenvalue weighted by atomic mass is 19.1. The van der Waals surface area contributed by atoms with E-state index in [1.54, 1.807) is 12.3 Å². The van der Waals surface area contributed by atoms with E-state index in [4.69, 9.17) is 0 Å². The van der Waals surface area contributed by atoms with Crippen molar-refractivity contribution >= 4 is 0 Å². The predicted molar refractivity (Wildman–Crippen MR) is 84.7 cm³/mol. The minimum atomic E-state index is -0.194. The molecule has 2 rings (SSSR count). The lowest BCUT2D eigenvalue weighted by atomic mass is 10.00. The molecular weight excluding hydrogens is 265 g/mol. The molecule has 1 N–H and O–H groups in total. The minimum Gasteiger partial charge on any atom is -0.310 e. The highest BCUT2D eigenvalue weighted by molar-refractivity contribution is 5.66. The predicted octanol–water partition coefficient (Wildman–Crippen LogP) is 4.08. The highest BCUT2D eigenvalue weighted by Gasteiger charge is 2.14. The number of nitrogens with zero attached hydrogens (tertiary/aromatic N) is 2. The molecule has 114 valence electrons. The van der Waals surface area contributed by atoms with Crippen LogP contribution in [-0.4, -0.2) is 16.3 Å². The Hall–Kier alpha value is -1.68. The SMILES string of the molecule is CCCNC(C)c1ccc(F)c(-c2cnn(CC)c2C)c1. The summed E-state index contributed by atoms with van der Waals surface area (Å²) in [5.74, 6) is -0.194. The monoisotopic (exact) mass is 289 g/mol. The highest BCUT2D eigenvalue weighted by Crippen LogP contribution is 2.28. The molecule has 1 aromatic heterocycles. The molecule has 0 saturated heterocycles. The smallest absolute Gasteiger partial charge is 0.131 e.